The van der Waals surface area contributed by atoms with E-state index < -0.39 is 0 Å². The summed E-state index contributed by atoms with van der Waals surface area (Å²) >= 11 is 0. The number of tetrazole rings is 1. The number of benzene rings is 2. The summed E-state index contributed by atoms with van der Waals surface area (Å²) in [5, 5.41) is 13.5. The lowest BCUT2D eigenvalue weighted by molar-refractivity contribution is 0.0663. The lowest BCUT2D eigenvalue weighted by atomic mass is 10.0. The molecule has 0 bridgehead atoms. The molecule has 1 saturated heterocycles. The van der Waals surface area contributed by atoms with Crippen molar-refractivity contribution in [1.82, 2.24) is 30.1 Å². The van der Waals surface area contributed by atoms with E-state index in [4.69, 9.17) is 9.47 Å². The molecule has 0 saturated carbocycles. The van der Waals surface area contributed by atoms with Crippen LogP contribution in [0.4, 0.5) is 0 Å². The number of aromatic amines is 1. The first-order chi connectivity index (χ1) is 17.5. The molecule has 1 aliphatic heterocycles. The highest BCUT2D eigenvalue weighted by Gasteiger charge is 2.22. The number of fused-ring (bicyclic) bond motifs is 1. The van der Waals surface area contributed by atoms with E-state index in [-0.39, 0.29) is 11.7 Å². The molecule has 36 heavy (non-hydrogen) atoms. The Hall–Kier alpha value is -3.56. The zero-order chi connectivity index (χ0) is 25.1. The summed E-state index contributed by atoms with van der Waals surface area (Å²) in [5.41, 5.74) is 4.90. The van der Waals surface area contributed by atoms with Gasteiger partial charge in [0.2, 0.25) is 0 Å². The minimum Gasteiger partial charge on any atom is -0.497 e. The number of pyridine rings is 1. The zero-order valence-corrected chi connectivity index (χ0v) is 21.0. The Balaban J connectivity index is 1.39. The number of nitrogens with zero attached hydrogens (tertiary/aromatic N) is 5. The van der Waals surface area contributed by atoms with Gasteiger partial charge in [-0.15, -0.1) is 5.10 Å². The van der Waals surface area contributed by atoms with Crippen LogP contribution in [0.1, 0.15) is 40.9 Å². The molecule has 0 radical (unpaired) electrons. The van der Waals surface area contributed by atoms with E-state index in [0.29, 0.717) is 26.2 Å². The van der Waals surface area contributed by atoms with Crippen LogP contribution < -0.4 is 10.3 Å². The highest BCUT2D eigenvalue weighted by Crippen LogP contribution is 2.21. The molecule has 1 fully saturated rings. The van der Waals surface area contributed by atoms with Crippen molar-refractivity contribution in [2.75, 3.05) is 20.3 Å². The van der Waals surface area contributed by atoms with Crippen molar-refractivity contribution in [3.63, 3.8) is 0 Å². The van der Waals surface area contributed by atoms with E-state index in [9.17, 15) is 4.79 Å². The van der Waals surface area contributed by atoms with Gasteiger partial charge >= 0.3 is 0 Å². The third-order valence-corrected chi connectivity index (χ3v) is 6.97. The van der Waals surface area contributed by atoms with E-state index in [1.807, 2.05) is 37.3 Å². The smallest absolute Gasteiger partial charge is 0.252 e. The fourth-order valence-corrected chi connectivity index (χ4v) is 4.75. The van der Waals surface area contributed by atoms with Crippen LogP contribution >= 0.6 is 0 Å². The van der Waals surface area contributed by atoms with Crippen LogP contribution in [0.2, 0.25) is 0 Å². The molecular formula is C27H32N6O3. The predicted octanol–water partition coefficient (Wildman–Crippen LogP) is 3.37. The summed E-state index contributed by atoms with van der Waals surface area (Å²) in [4.78, 5) is 18.4. The molecule has 2 aromatic heterocycles. The van der Waals surface area contributed by atoms with E-state index in [1.165, 1.54) is 0 Å². The van der Waals surface area contributed by atoms with Crippen molar-refractivity contribution in [3.8, 4) is 5.75 Å². The van der Waals surface area contributed by atoms with E-state index in [1.54, 1.807) is 11.8 Å². The Morgan fingerprint density at radius 2 is 2.00 bits per heavy atom. The molecule has 0 amide bonds. The molecule has 2 aromatic carbocycles. The number of aromatic nitrogens is 5. The molecule has 1 atom stereocenters. The highest BCUT2D eigenvalue weighted by molar-refractivity contribution is 5.83. The summed E-state index contributed by atoms with van der Waals surface area (Å²) in [7, 11) is 1.65. The first-order valence-electron chi connectivity index (χ1n) is 12.3. The topological polar surface area (TPSA) is 98.2 Å². The first-order valence-corrected chi connectivity index (χ1v) is 12.3. The molecule has 1 unspecified atom stereocenters. The van der Waals surface area contributed by atoms with Gasteiger partial charge in [-0.1, -0.05) is 24.3 Å². The SMILES string of the molecule is COc1ccc(Cn2nnnc2CN(Cc2cc3ccc(C)c(C)c3[nH]c2=O)CC2CCCO2)cc1. The van der Waals surface area contributed by atoms with Crippen LogP contribution in [-0.4, -0.2) is 56.5 Å². The Morgan fingerprint density at radius 1 is 1.17 bits per heavy atom. The minimum atomic E-state index is -0.0636. The second-order valence-corrected chi connectivity index (χ2v) is 9.50. The summed E-state index contributed by atoms with van der Waals surface area (Å²) < 4.78 is 13.0. The lowest BCUT2D eigenvalue weighted by Crippen LogP contribution is -2.34. The maximum atomic E-state index is 13.1. The second-order valence-electron chi connectivity index (χ2n) is 9.50. The Bertz CT molecular complexity index is 1390. The van der Waals surface area contributed by atoms with Crippen LogP contribution in [0.5, 0.6) is 5.75 Å². The Kier molecular flexibility index (Phi) is 7.11. The molecule has 188 valence electrons. The first kappa shape index (κ1) is 24.1. The standard InChI is InChI=1S/C27H32N6O3/c1-18-6-9-21-13-22(27(34)28-26(21)19(18)2)15-32(16-24-5-4-12-36-24)17-25-29-30-31-33(25)14-20-7-10-23(35-3)11-8-20/h6-11,13,24H,4-5,12,14-17H2,1-3H3,(H,28,34). The van der Waals surface area contributed by atoms with Gasteiger partial charge < -0.3 is 14.5 Å². The molecule has 9 nitrogen and oxygen atoms in total. The molecule has 4 aromatic rings. The fourth-order valence-electron chi connectivity index (χ4n) is 4.75. The van der Waals surface area contributed by atoms with Crippen molar-refractivity contribution >= 4 is 10.9 Å². The molecule has 9 heteroatoms. The number of nitrogens with one attached hydrogen (secondary N) is 1. The maximum absolute atomic E-state index is 13.1. The summed E-state index contributed by atoms with van der Waals surface area (Å²) in [6.07, 6.45) is 2.21. The van der Waals surface area contributed by atoms with E-state index >= 15 is 0 Å². The van der Waals surface area contributed by atoms with Gasteiger partial charge in [-0.3, -0.25) is 9.69 Å². The molecule has 1 N–H and O–H groups in total. The van der Waals surface area contributed by atoms with Gasteiger partial charge in [0.05, 0.1) is 31.8 Å². The van der Waals surface area contributed by atoms with Crippen molar-refractivity contribution in [3.05, 3.63) is 80.9 Å². The van der Waals surface area contributed by atoms with Crippen LogP contribution in [0.25, 0.3) is 10.9 Å². The summed E-state index contributed by atoms with van der Waals surface area (Å²) in [5.74, 6) is 1.55. The maximum Gasteiger partial charge on any atom is 0.252 e. The summed E-state index contributed by atoms with van der Waals surface area (Å²) in [6, 6.07) is 14.0. The number of aryl methyl sites for hydroxylation is 2. The van der Waals surface area contributed by atoms with Gasteiger partial charge in [-0.25, -0.2) is 4.68 Å². The van der Waals surface area contributed by atoms with Crippen LogP contribution in [0.3, 0.4) is 0 Å². The van der Waals surface area contributed by atoms with Crippen molar-refractivity contribution < 1.29 is 9.47 Å². The molecule has 3 heterocycles. The minimum absolute atomic E-state index is 0.0636. The second kappa shape index (κ2) is 10.6. The Labute approximate surface area is 210 Å². The lowest BCUT2D eigenvalue weighted by Gasteiger charge is -2.24. The average Bonchev–Trinajstić information content (AvgIpc) is 3.55. The van der Waals surface area contributed by atoms with E-state index in [2.05, 4.69) is 44.5 Å². The normalized spacial score (nSPS) is 15.7. The quantitative estimate of drug-likeness (QED) is 0.386. The molecule has 1 aliphatic rings. The monoisotopic (exact) mass is 488 g/mol. The number of ether oxygens (including phenoxy) is 2. The van der Waals surface area contributed by atoms with Gasteiger partial charge in [-0.2, -0.15) is 0 Å². The van der Waals surface area contributed by atoms with Crippen LogP contribution in [0, 0.1) is 13.8 Å². The van der Waals surface area contributed by atoms with Gasteiger partial charge in [0.1, 0.15) is 5.75 Å². The number of rotatable bonds is 9. The molecule has 5 rings (SSSR count). The molecule has 0 aliphatic carbocycles. The van der Waals surface area contributed by atoms with Crippen LogP contribution in [0.15, 0.2) is 47.3 Å². The van der Waals surface area contributed by atoms with Crippen LogP contribution in [-0.2, 0) is 24.4 Å². The van der Waals surface area contributed by atoms with Gasteiger partial charge in [0.25, 0.3) is 5.56 Å². The third-order valence-electron chi connectivity index (χ3n) is 6.97. The third kappa shape index (κ3) is 5.32. The predicted molar refractivity (Wildman–Crippen MR) is 137 cm³/mol. The van der Waals surface area contributed by atoms with Gasteiger partial charge in [0.15, 0.2) is 5.82 Å². The Morgan fingerprint density at radius 3 is 2.75 bits per heavy atom. The van der Waals surface area contributed by atoms with Gasteiger partial charge in [0, 0.05) is 25.3 Å². The molecule has 0 spiro atoms. The number of hydrogen-bond donors (Lipinski definition) is 1. The largest absolute Gasteiger partial charge is 0.497 e. The van der Waals surface area contributed by atoms with Crippen molar-refractivity contribution in [2.45, 2.75) is 52.4 Å². The van der Waals surface area contributed by atoms with Gasteiger partial charge in [-0.05, 0) is 77.4 Å². The number of methoxy groups -OCH3 is 1. The number of hydrogen-bond acceptors (Lipinski definition) is 7. The van der Waals surface area contributed by atoms with Crippen molar-refractivity contribution in [2.24, 2.45) is 0 Å². The molecular weight excluding hydrogens is 456 g/mol. The zero-order valence-electron chi connectivity index (χ0n) is 21.0. The number of H-pyrrole nitrogens is 1. The van der Waals surface area contributed by atoms with Crippen molar-refractivity contribution in [1.29, 1.82) is 0 Å². The average molecular weight is 489 g/mol. The highest BCUT2D eigenvalue weighted by atomic mass is 16.5. The van der Waals surface area contributed by atoms with E-state index in [0.717, 1.165) is 64.2 Å². The summed E-state index contributed by atoms with van der Waals surface area (Å²) in [6.45, 7) is 7.12. The fraction of sp³-hybridized carbons (Fsp3) is 0.407.